The summed E-state index contributed by atoms with van der Waals surface area (Å²) < 4.78 is 0. The predicted molar refractivity (Wildman–Crippen MR) is 60.6 cm³/mol. The second-order valence-electron chi connectivity index (χ2n) is 3.10. The van der Waals surface area contributed by atoms with E-state index >= 15 is 0 Å². The molecule has 0 aliphatic rings. The number of rotatable bonds is 3. The minimum atomic E-state index is -0.326. The molecule has 2 N–H and O–H groups in total. The first-order valence-electron chi connectivity index (χ1n) is 4.49. The number of nitrogen functional groups attached to an aromatic ring is 1. The lowest BCUT2D eigenvalue weighted by Gasteiger charge is -2.13. The normalized spacial score (nSPS) is 9.19. The van der Waals surface area contributed by atoms with Crippen LogP contribution < -0.4 is 5.73 Å². The van der Waals surface area contributed by atoms with Crippen molar-refractivity contribution in [1.82, 2.24) is 4.90 Å². The molecule has 6 heteroatoms. The van der Waals surface area contributed by atoms with E-state index in [9.17, 15) is 4.79 Å². The second kappa shape index (κ2) is 5.15. The van der Waals surface area contributed by atoms with Crippen LogP contribution in [0, 0.1) is 29.6 Å². The number of thiophene rings is 1. The molecule has 16 heavy (non-hydrogen) atoms. The third-order valence-electron chi connectivity index (χ3n) is 1.98. The van der Waals surface area contributed by atoms with Crippen LogP contribution in [0.15, 0.2) is 6.07 Å². The van der Waals surface area contributed by atoms with Crippen molar-refractivity contribution < 1.29 is 4.79 Å². The highest BCUT2D eigenvalue weighted by molar-refractivity contribution is 7.14. The van der Waals surface area contributed by atoms with Gasteiger partial charge in [-0.05, 0) is 13.0 Å². The van der Waals surface area contributed by atoms with Gasteiger partial charge < -0.3 is 10.6 Å². The summed E-state index contributed by atoms with van der Waals surface area (Å²) in [7, 11) is 0. The molecule has 0 atom stereocenters. The molecule has 1 amide bonds. The molecule has 82 valence electrons. The Labute approximate surface area is 97.3 Å². The molecule has 0 saturated carbocycles. The minimum Gasteiger partial charge on any atom is -0.398 e. The fourth-order valence-electron chi connectivity index (χ4n) is 1.13. The van der Waals surface area contributed by atoms with Crippen molar-refractivity contribution >= 4 is 22.9 Å². The number of nitrogens with zero attached hydrogens (tertiary/aromatic N) is 3. The number of amides is 1. The number of hydrogen-bond donors (Lipinski definition) is 1. The number of aryl methyl sites for hydroxylation is 1. The van der Waals surface area contributed by atoms with Gasteiger partial charge in [-0.15, -0.1) is 11.3 Å². The quantitative estimate of drug-likeness (QED) is 0.793. The van der Waals surface area contributed by atoms with Crippen molar-refractivity contribution in [3.63, 3.8) is 0 Å². The Bertz CT molecular complexity index is 444. The molecule has 5 nitrogen and oxygen atoms in total. The van der Waals surface area contributed by atoms with Crippen LogP contribution in [0.1, 0.15) is 14.5 Å². The van der Waals surface area contributed by atoms with Gasteiger partial charge in [0, 0.05) is 10.6 Å². The Balaban J connectivity index is 2.91. The van der Waals surface area contributed by atoms with E-state index in [4.69, 9.17) is 16.3 Å². The van der Waals surface area contributed by atoms with Gasteiger partial charge in [0.2, 0.25) is 0 Å². The molecule has 0 aliphatic carbocycles. The van der Waals surface area contributed by atoms with Crippen LogP contribution in [0.4, 0.5) is 5.69 Å². The molecule has 0 bridgehead atoms. The summed E-state index contributed by atoms with van der Waals surface area (Å²) in [5, 5.41) is 17.1. The summed E-state index contributed by atoms with van der Waals surface area (Å²) in [6, 6.07) is 5.28. The zero-order valence-electron chi connectivity index (χ0n) is 8.73. The zero-order valence-corrected chi connectivity index (χ0v) is 9.54. The Hall–Kier alpha value is -2.05. The number of nitrogens with two attached hydrogens (primary N) is 1. The largest absolute Gasteiger partial charge is 0.398 e. The van der Waals surface area contributed by atoms with Crippen LogP contribution in [0.2, 0.25) is 0 Å². The second-order valence-corrected chi connectivity index (χ2v) is 4.36. The minimum absolute atomic E-state index is 0.0940. The van der Waals surface area contributed by atoms with E-state index in [0.29, 0.717) is 10.6 Å². The van der Waals surface area contributed by atoms with E-state index < -0.39 is 0 Å². The van der Waals surface area contributed by atoms with Crippen LogP contribution >= 0.6 is 11.3 Å². The smallest absolute Gasteiger partial charge is 0.265 e. The molecule has 0 radical (unpaired) electrons. The Morgan fingerprint density at radius 3 is 2.44 bits per heavy atom. The average molecular weight is 234 g/mol. The maximum absolute atomic E-state index is 11.9. The Morgan fingerprint density at radius 1 is 1.50 bits per heavy atom. The van der Waals surface area contributed by atoms with E-state index in [-0.39, 0.29) is 19.0 Å². The molecule has 0 unspecified atom stereocenters. The van der Waals surface area contributed by atoms with Crippen LogP contribution in [0.3, 0.4) is 0 Å². The van der Waals surface area contributed by atoms with E-state index in [1.165, 1.54) is 16.2 Å². The molecule has 0 aromatic carbocycles. The van der Waals surface area contributed by atoms with Gasteiger partial charge in [-0.3, -0.25) is 4.79 Å². The molecule has 1 rings (SSSR count). The van der Waals surface area contributed by atoms with Crippen molar-refractivity contribution in [3.8, 4) is 12.1 Å². The van der Waals surface area contributed by atoms with Crippen molar-refractivity contribution in [2.45, 2.75) is 6.92 Å². The Kier molecular flexibility index (Phi) is 3.87. The van der Waals surface area contributed by atoms with Gasteiger partial charge >= 0.3 is 0 Å². The van der Waals surface area contributed by atoms with Gasteiger partial charge in [-0.1, -0.05) is 0 Å². The Morgan fingerprint density at radius 2 is 2.06 bits per heavy atom. The third kappa shape index (κ3) is 2.50. The van der Waals surface area contributed by atoms with Crippen molar-refractivity contribution in [3.05, 3.63) is 15.8 Å². The highest BCUT2D eigenvalue weighted by atomic mass is 32.1. The maximum atomic E-state index is 11.9. The molecule has 0 spiro atoms. The van der Waals surface area contributed by atoms with Gasteiger partial charge in [-0.25, -0.2) is 0 Å². The molecule has 1 aromatic rings. The van der Waals surface area contributed by atoms with Gasteiger partial charge in [0.1, 0.15) is 13.1 Å². The summed E-state index contributed by atoms with van der Waals surface area (Å²) in [4.78, 5) is 14.4. The summed E-state index contributed by atoms with van der Waals surface area (Å²) >= 11 is 1.27. The van der Waals surface area contributed by atoms with E-state index in [0.717, 1.165) is 4.88 Å². The molecule has 1 heterocycles. The molecule has 0 fully saturated rings. The molecule has 0 aliphatic heterocycles. The monoisotopic (exact) mass is 234 g/mol. The predicted octanol–water partition coefficient (Wildman–Crippen LogP) is 1.13. The molecule has 1 aromatic heterocycles. The number of carbonyl (C=O) groups excluding carboxylic acids is 1. The third-order valence-corrected chi connectivity index (χ3v) is 3.03. The summed E-state index contributed by atoms with van der Waals surface area (Å²) in [5.74, 6) is -0.326. The van der Waals surface area contributed by atoms with Crippen molar-refractivity contribution in [1.29, 1.82) is 10.5 Å². The van der Waals surface area contributed by atoms with Crippen LogP contribution in [-0.4, -0.2) is 23.9 Å². The van der Waals surface area contributed by atoms with Crippen LogP contribution in [0.25, 0.3) is 0 Å². The highest BCUT2D eigenvalue weighted by Gasteiger charge is 2.17. The SMILES string of the molecule is Cc1sc(C(=O)N(CC#N)CC#N)cc1N. The first-order chi connectivity index (χ1) is 7.60. The topological polar surface area (TPSA) is 93.9 Å². The van der Waals surface area contributed by atoms with Crippen molar-refractivity contribution in [2.24, 2.45) is 0 Å². The van der Waals surface area contributed by atoms with Crippen molar-refractivity contribution in [2.75, 3.05) is 18.8 Å². The highest BCUT2D eigenvalue weighted by Crippen LogP contribution is 2.24. The van der Waals surface area contributed by atoms with Crippen LogP contribution in [-0.2, 0) is 0 Å². The lowest BCUT2D eigenvalue weighted by molar-refractivity contribution is 0.0799. The summed E-state index contributed by atoms with van der Waals surface area (Å²) in [6.07, 6.45) is 0. The first-order valence-corrected chi connectivity index (χ1v) is 5.31. The van der Waals surface area contributed by atoms with Crippen LogP contribution in [0.5, 0.6) is 0 Å². The average Bonchev–Trinajstić information content (AvgIpc) is 2.58. The van der Waals surface area contributed by atoms with Gasteiger partial charge in [0.05, 0.1) is 17.0 Å². The van der Waals surface area contributed by atoms with Gasteiger partial charge in [-0.2, -0.15) is 10.5 Å². The molecular formula is C10H10N4OS. The molecule has 0 saturated heterocycles. The fourth-order valence-corrected chi connectivity index (χ4v) is 2.04. The lowest BCUT2D eigenvalue weighted by atomic mass is 10.3. The summed E-state index contributed by atoms with van der Waals surface area (Å²) in [6.45, 7) is 1.63. The fraction of sp³-hybridized carbons (Fsp3) is 0.300. The number of nitriles is 2. The molecular weight excluding hydrogens is 224 g/mol. The van der Waals surface area contributed by atoms with E-state index in [1.807, 2.05) is 19.1 Å². The lowest BCUT2D eigenvalue weighted by Crippen LogP contribution is -2.31. The number of carbonyl (C=O) groups is 1. The standard InChI is InChI=1S/C10H10N4OS/c1-7-8(13)6-9(16-7)10(15)14(4-2-11)5-3-12/h6H,4-5,13H2,1H3. The van der Waals surface area contributed by atoms with E-state index in [2.05, 4.69) is 0 Å². The number of anilines is 1. The van der Waals surface area contributed by atoms with Gasteiger partial charge in [0.15, 0.2) is 0 Å². The van der Waals surface area contributed by atoms with Gasteiger partial charge in [0.25, 0.3) is 5.91 Å². The summed E-state index contributed by atoms with van der Waals surface area (Å²) in [5.41, 5.74) is 6.19. The number of hydrogen-bond acceptors (Lipinski definition) is 5. The zero-order chi connectivity index (χ0) is 12.1. The first kappa shape index (κ1) is 12.0. The van der Waals surface area contributed by atoms with E-state index in [1.54, 1.807) is 6.07 Å². The maximum Gasteiger partial charge on any atom is 0.265 e.